The van der Waals surface area contributed by atoms with Crippen molar-refractivity contribution < 1.29 is 9.84 Å². The molecule has 0 radical (unpaired) electrons. The van der Waals surface area contributed by atoms with E-state index in [0.29, 0.717) is 23.2 Å². The van der Waals surface area contributed by atoms with Crippen molar-refractivity contribution in [3.05, 3.63) is 45.5 Å². The van der Waals surface area contributed by atoms with Crippen molar-refractivity contribution in [3.8, 4) is 0 Å². The van der Waals surface area contributed by atoms with Crippen LogP contribution in [0.15, 0.2) is 29.8 Å². The van der Waals surface area contributed by atoms with Gasteiger partial charge in [-0.3, -0.25) is 4.90 Å². The zero-order valence-corrected chi connectivity index (χ0v) is 12.8. The average molecular weight is 316 g/mol. The van der Waals surface area contributed by atoms with Gasteiger partial charge < -0.3 is 9.84 Å². The maximum absolute atomic E-state index is 9.20. The molecule has 0 unspecified atom stereocenters. The van der Waals surface area contributed by atoms with E-state index in [1.165, 1.54) is 5.57 Å². The smallest absolute Gasteiger partial charge is 0.0689 e. The lowest BCUT2D eigenvalue weighted by molar-refractivity contribution is 0.136. The molecule has 110 valence electrons. The highest BCUT2D eigenvalue weighted by atomic mass is 35.5. The van der Waals surface area contributed by atoms with Gasteiger partial charge in [-0.25, -0.2) is 0 Å². The van der Waals surface area contributed by atoms with E-state index in [2.05, 4.69) is 11.0 Å². The number of hydrogen-bond donors (Lipinski definition) is 1. The van der Waals surface area contributed by atoms with Crippen LogP contribution in [0.4, 0.5) is 0 Å². The van der Waals surface area contributed by atoms with Gasteiger partial charge in [0.05, 0.1) is 29.9 Å². The van der Waals surface area contributed by atoms with Gasteiger partial charge in [0.2, 0.25) is 0 Å². The number of rotatable bonds is 6. The molecule has 1 heterocycles. The lowest BCUT2D eigenvalue weighted by Gasteiger charge is -2.24. The Labute approximate surface area is 129 Å². The fourth-order valence-electron chi connectivity index (χ4n) is 2.26. The van der Waals surface area contributed by atoms with Gasteiger partial charge in [0.15, 0.2) is 0 Å². The van der Waals surface area contributed by atoms with Gasteiger partial charge in [-0.2, -0.15) is 0 Å². The van der Waals surface area contributed by atoms with E-state index < -0.39 is 0 Å². The summed E-state index contributed by atoms with van der Waals surface area (Å²) >= 11 is 12.0. The maximum atomic E-state index is 9.20. The molecule has 3 nitrogen and oxygen atoms in total. The minimum atomic E-state index is 0.134. The third-order valence-electron chi connectivity index (χ3n) is 3.22. The summed E-state index contributed by atoms with van der Waals surface area (Å²) < 4.78 is 5.45. The lowest BCUT2D eigenvalue weighted by Crippen LogP contribution is -2.30. The zero-order valence-electron chi connectivity index (χ0n) is 11.3. The summed E-state index contributed by atoms with van der Waals surface area (Å²) in [5.41, 5.74) is 2.36. The topological polar surface area (TPSA) is 32.7 Å². The number of hydrogen-bond acceptors (Lipinski definition) is 3. The molecule has 2 rings (SSSR count). The van der Waals surface area contributed by atoms with Crippen LogP contribution in [0, 0.1) is 0 Å². The van der Waals surface area contributed by atoms with Gasteiger partial charge in [0.25, 0.3) is 0 Å². The molecule has 0 bridgehead atoms. The molecule has 0 atom stereocenters. The summed E-state index contributed by atoms with van der Waals surface area (Å²) in [6.45, 7) is 3.78. The second-order valence-electron chi connectivity index (χ2n) is 4.89. The van der Waals surface area contributed by atoms with Crippen LogP contribution in [0.25, 0.3) is 0 Å². The van der Waals surface area contributed by atoms with Crippen LogP contribution < -0.4 is 0 Å². The molecule has 0 aliphatic carbocycles. The molecule has 0 saturated heterocycles. The monoisotopic (exact) mass is 315 g/mol. The Hall–Kier alpha value is -0.580. The van der Waals surface area contributed by atoms with Crippen molar-refractivity contribution >= 4 is 23.2 Å². The van der Waals surface area contributed by atoms with Crippen molar-refractivity contribution in [2.45, 2.75) is 13.0 Å². The van der Waals surface area contributed by atoms with Gasteiger partial charge in [-0.05, 0) is 29.7 Å². The van der Waals surface area contributed by atoms with E-state index in [4.69, 9.17) is 27.9 Å². The van der Waals surface area contributed by atoms with Crippen molar-refractivity contribution in [2.24, 2.45) is 0 Å². The van der Waals surface area contributed by atoms with E-state index in [1.807, 2.05) is 12.1 Å². The summed E-state index contributed by atoms with van der Waals surface area (Å²) in [4.78, 5) is 2.18. The van der Waals surface area contributed by atoms with Crippen LogP contribution in [-0.2, 0) is 11.3 Å². The molecular weight excluding hydrogens is 297 g/mol. The van der Waals surface area contributed by atoms with Crippen LogP contribution in [-0.4, -0.2) is 42.9 Å². The molecule has 5 heteroatoms. The molecule has 1 aromatic rings. The molecular formula is C15H19Cl2NO2. The van der Waals surface area contributed by atoms with Crippen molar-refractivity contribution in [2.75, 3.05) is 32.9 Å². The Kier molecular flexibility index (Phi) is 6.33. The highest BCUT2D eigenvalue weighted by Gasteiger charge is 2.11. The van der Waals surface area contributed by atoms with Crippen molar-refractivity contribution in [1.29, 1.82) is 0 Å². The number of nitrogens with zero attached hydrogens (tertiary/aromatic N) is 1. The minimum absolute atomic E-state index is 0.134. The molecule has 0 spiro atoms. The Balaban J connectivity index is 2.00. The van der Waals surface area contributed by atoms with E-state index in [1.54, 1.807) is 6.07 Å². The number of benzene rings is 1. The predicted octanol–water partition coefficient (Wildman–Crippen LogP) is 3.13. The molecule has 0 amide bonds. The second-order valence-corrected chi connectivity index (χ2v) is 5.70. The summed E-state index contributed by atoms with van der Waals surface area (Å²) in [7, 11) is 0. The number of aliphatic hydroxyl groups is 1. The van der Waals surface area contributed by atoms with Crippen molar-refractivity contribution in [3.63, 3.8) is 0 Å². The highest BCUT2D eigenvalue weighted by Crippen LogP contribution is 2.23. The fraction of sp³-hybridized carbons (Fsp3) is 0.467. The van der Waals surface area contributed by atoms with Crippen LogP contribution >= 0.6 is 23.2 Å². The first-order valence-electron chi connectivity index (χ1n) is 6.72. The highest BCUT2D eigenvalue weighted by molar-refractivity contribution is 6.42. The Morgan fingerprint density at radius 2 is 2.05 bits per heavy atom. The SMILES string of the molecule is OCCN(CC1=CCCOC1)Cc1ccc(Cl)c(Cl)c1. The Morgan fingerprint density at radius 3 is 2.70 bits per heavy atom. The Morgan fingerprint density at radius 1 is 1.20 bits per heavy atom. The minimum Gasteiger partial charge on any atom is -0.395 e. The third-order valence-corrected chi connectivity index (χ3v) is 3.95. The van der Waals surface area contributed by atoms with Gasteiger partial charge in [0.1, 0.15) is 0 Å². The molecule has 1 aliphatic heterocycles. The van der Waals surface area contributed by atoms with Crippen LogP contribution in [0.2, 0.25) is 10.0 Å². The molecule has 0 aromatic heterocycles. The summed E-state index contributed by atoms with van der Waals surface area (Å²) in [6.07, 6.45) is 3.19. The summed E-state index contributed by atoms with van der Waals surface area (Å²) in [6, 6.07) is 5.64. The molecule has 20 heavy (non-hydrogen) atoms. The van der Waals surface area contributed by atoms with Crippen molar-refractivity contribution in [1.82, 2.24) is 4.90 Å². The van der Waals surface area contributed by atoms with Gasteiger partial charge in [0, 0.05) is 19.6 Å². The average Bonchev–Trinajstić information content (AvgIpc) is 2.44. The zero-order chi connectivity index (χ0) is 14.4. The van der Waals surface area contributed by atoms with E-state index in [9.17, 15) is 5.11 Å². The molecule has 1 N–H and O–H groups in total. The van der Waals surface area contributed by atoms with Crippen LogP contribution in [0.5, 0.6) is 0 Å². The van der Waals surface area contributed by atoms with Gasteiger partial charge in [-0.1, -0.05) is 35.3 Å². The van der Waals surface area contributed by atoms with E-state index in [-0.39, 0.29) is 6.61 Å². The first kappa shape index (κ1) is 15.8. The van der Waals surface area contributed by atoms with Gasteiger partial charge >= 0.3 is 0 Å². The third kappa shape index (κ3) is 4.76. The van der Waals surface area contributed by atoms with Crippen LogP contribution in [0.3, 0.4) is 0 Å². The molecule has 0 saturated carbocycles. The van der Waals surface area contributed by atoms with Crippen LogP contribution in [0.1, 0.15) is 12.0 Å². The summed E-state index contributed by atoms with van der Waals surface area (Å²) in [5.74, 6) is 0. The summed E-state index contributed by atoms with van der Waals surface area (Å²) in [5, 5.41) is 10.3. The first-order chi connectivity index (χ1) is 9.69. The number of halogens is 2. The maximum Gasteiger partial charge on any atom is 0.0689 e. The first-order valence-corrected chi connectivity index (χ1v) is 7.47. The predicted molar refractivity (Wildman–Crippen MR) is 82.3 cm³/mol. The fourth-order valence-corrected chi connectivity index (χ4v) is 2.58. The molecule has 0 fully saturated rings. The number of aliphatic hydroxyl groups excluding tert-OH is 1. The standard InChI is InChI=1S/C15H19Cl2NO2/c16-14-4-3-12(8-15(14)17)9-18(5-6-19)10-13-2-1-7-20-11-13/h2-4,8,19H,1,5-7,9-11H2. The number of ether oxygens (including phenoxy) is 1. The molecule has 1 aliphatic rings. The largest absolute Gasteiger partial charge is 0.395 e. The quantitative estimate of drug-likeness (QED) is 0.819. The van der Waals surface area contributed by atoms with Gasteiger partial charge in [-0.15, -0.1) is 0 Å². The van der Waals surface area contributed by atoms with E-state index >= 15 is 0 Å². The normalized spacial score (nSPS) is 15.5. The van der Waals surface area contributed by atoms with E-state index in [0.717, 1.165) is 31.7 Å². The Bertz CT molecular complexity index is 477. The molecule has 1 aromatic carbocycles. The lowest BCUT2D eigenvalue weighted by atomic mass is 10.1. The second kappa shape index (κ2) is 8.01.